The highest BCUT2D eigenvalue weighted by Gasteiger charge is 2.19. The van der Waals surface area contributed by atoms with Crippen molar-refractivity contribution in [2.45, 2.75) is 26.3 Å². The summed E-state index contributed by atoms with van der Waals surface area (Å²) in [5.74, 6) is 0.766. The molecule has 0 aliphatic rings. The summed E-state index contributed by atoms with van der Waals surface area (Å²) in [4.78, 5) is 25.4. The van der Waals surface area contributed by atoms with E-state index in [-0.39, 0.29) is 17.4 Å². The molecule has 0 atom stereocenters. The maximum atomic E-state index is 12.8. The van der Waals surface area contributed by atoms with Gasteiger partial charge in [-0.2, -0.15) is 0 Å². The fourth-order valence-electron chi connectivity index (χ4n) is 2.96. The van der Waals surface area contributed by atoms with Crippen LogP contribution in [-0.4, -0.2) is 30.6 Å². The monoisotopic (exact) mass is 432 g/mol. The molecule has 0 unspecified atom stereocenters. The lowest BCUT2D eigenvalue weighted by molar-refractivity contribution is 0.0920. The van der Waals surface area contributed by atoms with E-state index in [1.165, 1.54) is 0 Å². The van der Waals surface area contributed by atoms with Crippen LogP contribution in [0.3, 0.4) is 0 Å². The minimum Gasteiger partial charge on any atom is -0.490 e. The van der Waals surface area contributed by atoms with Gasteiger partial charge in [0.1, 0.15) is 24.7 Å². The van der Waals surface area contributed by atoms with Crippen molar-refractivity contribution in [1.29, 1.82) is 0 Å². The Bertz CT molecular complexity index is 1060. The van der Waals surface area contributed by atoms with E-state index in [0.29, 0.717) is 35.8 Å². The van der Waals surface area contributed by atoms with Crippen LogP contribution >= 0.6 is 0 Å². The third-order valence-corrected chi connectivity index (χ3v) is 4.37. The van der Waals surface area contributed by atoms with Crippen molar-refractivity contribution in [3.05, 3.63) is 90.0 Å². The summed E-state index contributed by atoms with van der Waals surface area (Å²) >= 11 is 0. The number of hydrogen-bond acceptors (Lipinski definition) is 4. The molecule has 2 N–H and O–H groups in total. The summed E-state index contributed by atoms with van der Waals surface area (Å²) in [6, 6.07) is 23.3. The summed E-state index contributed by atoms with van der Waals surface area (Å²) in [7, 11) is 0. The minimum absolute atomic E-state index is 0.246. The van der Waals surface area contributed by atoms with Crippen molar-refractivity contribution in [1.82, 2.24) is 5.32 Å². The minimum atomic E-state index is -0.385. The highest BCUT2D eigenvalue weighted by molar-refractivity contribution is 6.09. The second kappa shape index (κ2) is 10.5. The molecule has 0 fully saturated rings. The number of benzene rings is 3. The normalized spacial score (nSPS) is 10.8. The molecule has 3 aromatic carbocycles. The maximum absolute atomic E-state index is 12.8. The zero-order valence-corrected chi connectivity index (χ0v) is 18.6. The zero-order chi connectivity index (χ0) is 23.0. The van der Waals surface area contributed by atoms with Gasteiger partial charge in [-0.3, -0.25) is 9.59 Å². The first-order valence-corrected chi connectivity index (χ1v) is 10.5. The molecule has 0 heterocycles. The SMILES string of the molecule is CC(C)(C)NC(=O)c1ccccc1NC(=O)c1cccc(OCCOc2ccccc2)c1. The van der Waals surface area contributed by atoms with E-state index < -0.39 is 0 Å². The van der Waals surface area contributed by atoms with Crippen LogP contribution in [0.5, 0.6) is 11.5 Å². The van der Waals surface area contributed by atoms with Gasteiger partial charge in [0.2, 0.25) is 0 Å². The lowest BCUT2D eigenvalue weighted by atomic mass is 10.1. The van der Waals surface area contributed by atoms with Gasteiger partial charge in [0, 0.05) is 11.1 Å². The number of rotatable bonds is 8. The first-order valence-electron chi connectivity index (χ1n) is 10.5. The maximum Gasteiger partial charge on any atom is 0.255 e. The molecule has 6 nitrogen and oxygen atoms in total. The molecule has 0 aliphatic heterocycles. The molecule has 0 radical (unpaired) electrons. The van der Waals surface area contributed by atoms with Crippen molar-refractivity contribution >= 4 is 17.5 Å². The van der Waals surface area contributed by atoms with Gasteiger partial charge in [-0.25, -0.2) is 0 Å². The van der Waals surface area contributed by atoms with Crippen LogP contribution in [0.4, 0.5) is 5.69 Å². The second-order valence-electron chi connectivity index (χ2n) is 8.24. The number of amides is 2. The molecule has 0 aliphatic carbocycles. The molecule has 6 heteroatoms. The Morgan fingerprint density at radius 3 is 2.09 bits per heavy atom. The fourth-order valence-corrected chi connectivity index (χ4v) is 2.96. The lowest BCUT2D eigenvalue weighted by Gasteiger charge is -2.21. The van der Waals surface area contributed by atoms with Crippen LogP contribution in [-0.2, 0) is 0 Å². The van der Waals surface area contributed by atoms with E-state index >= 15 is 0 Å². The van der Waals surface area contributed by atoms with E-state index in [0.717, 1.165) is 5.75 Å². The van der Waals surface area contributed by atoms with Gasteiger partial charge in [0.25, 0.3) is 11.8 Å². The van der Waals surface area contributed by atoms with Gasteiger partial charge in [-0.1, -0.05) is 36.4 Å². The topological polar surface area (TPSA) is 76.7 Å². The molecule has 0 aromatic heterocycles. The first kappa shape index (κ1) is 22.9. The highest BCUT2D eigenvalue weighted by atomic mass is 16.5. The van der Waals surface area contributed by atoms with E-state index in [9.17, 15) is 9.59 Å². The van der Waals surface area contributed by atoms with Crippen molar-refractivity contribution in [3.63, 3.8) is 0 Å². The fraction of sp³-hybridized carbons (Fsp3) is 0.231. The number of para-hydroxylation sites is 2. The van der Waals surface area contributed by atoms with Crippen molar-refractivity contribution in [2.75, 3.05) is 18.5 Å². The number of ether oxygens (including phenoxy) is 2. The van der Waals surface area contributed by atoms with Crippen LogP contribution in [0.25, 0.3) is 0 Å². The molecule has 166 valence electrons. The van der Waals surface area contributed by atoms with E-state index in [1.807, 2.05) is 51.1 Å². The Balaban J connectivity index is 1.61. The Hall–Kier alpha value is -3.80. The molecule has 0 saturated carbocycles. The van der Waals surface area contributed by atoms with Crippen molar-refractivity contribution in [2.24, 2.45) is 0 Å². The van der Waals surface area contributed by atoms with Gasteiger partial charge in [0.15, 0.2) is 0 Å². The van der Waals surface area contributed by atoms with E-state index in [4.69, 9.17) is 9.47 Å². The number of carbonyl (C=O) groups excluding carboxylic acids is 2. The standard InChI is InChI=1S/C26H28N2O4/c1-26(2,3)28-25(30)22-14-7-8-15-23(22)27-24(29)19-10-9-13-21(18-19)32-17-16-31-20-11-5-4-6-12-20/h4-15,18H,16-17H2,1-3H3,(H,27,29)(H,28,30). The molecule has 2 amide bonds. The Morgan fingerprint density at radius 2 is 1.38 bits per heavy atom. The highest BCUT2D eigenvalue weighted by Crippen LogP contribution is 2.19. The van der Waals surface area contributed by atoms with Crippen LogP contribution < -0.4 is 20.1 Å². The first-order chi connectivity index (χ1) is 15.3. The molecule has 0 spiro atoms. The van der Waals surface area contributed by atoms with Crippen molar-refractivity contribution < 1.29 is 19.1 Å². The summed E-state index contributed by atoms with van der Waals surface area (Å²) in [6.07, 6.45) is 0. The Morgan fingerprint density at radius 1 is 0.750 bits per heavy atom. The summed E-state index contributed by atoms with van der Waals surface area (Å²) < 4.78 is 11.3. The Labute approximate surface area is 188 Å². The van der Waals surface area contributed by atoms with E-state index in [1.54, 1.807) is 48.5 Å². The van der Waals surface area contributed by atoms with Crippen LogP contribution in [0, 0.1) is 0 Å². The third kappa shape index (κ3) is 6.87. The number of nitrogens with one attached hydrogen (secondary N) is 2. The predicted molar refractivity (Wildman–Crippen MR) is 125 cm³/mol. The number of carbonyl (C=O) groups is 2. The predicted octanol–water partition coefficient (Wildman–Crippen LogP) is 4.93. The summed E-state index contributed by atoms with van der Waals surface area (Å²) in [5, 5.41) is 5.75. The molecule has 32 heavy (non-hydrogen) atoms. The molecular weight excluding hydrogens is 404 g/mol. The average Bonchev–Trinajstić information content (AvgIpc) is 2.77. The molecule has 3 rings (SSSR count). The number of anilines is 1. The quantitative estimate of drug-likeness (QED) is 0.495. The summed E-state index contributed by atoms with van der Waals surface area (Å²) in [6.45, 7) is 6.44. The summed E-state index contributed by atoms with van der Waals surface area (Å²) in [5.41, 5.74) is 0.893. The van der Waals surface area contributed by atoms with Crippen LogP contribution in [0.1, 0.15) is 41.5 Å². The van der Waals surface area contributed by atoms with Gasteiger partial charge < -0.3 is 20.1 Å². The van der Waals surface area contributed by atoms with Crippen LogP contribution in [0.15, 0.2) is 78.9 Å². The molecule has 0 bridgehead atoms. The lowest BCUT2D eigenvalue weighted by Crippen LogP contribution is -2.40. The third-order valence-electron chi connectivity index (χ3n) is 4.37. The largest absolute Gasteiger partial charge is 0.490 e. The van der Waals surface area contributed by atoms with E-state index in [2.05, 4.69) is 10.6 Å². The van der Waals surface area contributed by atoms with Gasteiger partial charge in [-0.15, -0.1) is 0 Å². The van der Waals surface area contributed by atoms with Crippen molar-refractivity contribution in [3.8, 4) is 11.5 Å². The molecular formula is C26H28N2O4. The Kier molecular flexibility index (Phi) is 7.49. The zero-order valence-electron chi connectivity index (χ0n) is 18.6. The van der Waals surface area contributed by atoms with Gasteiger partial charge >= 0.3 is 0 Å². The second-order valence-corrected chi connectivity index (χ2v) is 8.24. The van der Waals surface area contributed by atoms with Gasteiger partial charge in [0.05, 0.1) is 11.3 Å². The average molecular weight is 433 g/mol. The molecule has 3 aromatic rings. The number of hydrogen-bond donors (Lipinski definition) is 2. The smallest absolute Gasteiger partial charge is 0.255 e. The van der Waals surface area contributed by atoms with Crippen LogP contribution in [0.2, 0.25) is 0 Å². The van der Waals surface area contributed by atoms with Gasteiger partial charge in [-0.05, 0) is 63.2 Å². The molecule has 0 saturated heterocycles.